The van der Waals surface area contributed by atoms with Crippen molar-refractivity contribution in [1.82, 2.24) is 0 Å². The molecule has 2 aromatic carbocycles. The lowest BCUT2D eigenvalue weighted by molar-refractivity contribution is -0.109. The molecule has 0 amide bonds. The van der Waals surface area contributed by atoms with Gasteiger partial charge in [-0.2, -0.15) is 0 Å². The number of thioether (sulfide) groups is 1. The minimum absolute atomic E-state index is 0.109. The predicted octanol–water partition coefficient (Wildman–Crippen LogP) is 5.22. The molecule has 0 bridgehead atoms. The Morgan fingerprint density at radius 1 is 0.909 bits per heavy atom. The van der Waals surface area contributed by atoms with Crippen LogP contribution < -0.4 is 0 Å². The van der Waals surface area contributed by atoms with Crippen molar-refractivity contribution in [2.75, 3.05) is 0 Å². The molecular weight excluding hydrogens is 304 g/mol. The maximum atomic E-state index is 11.1. The summed E-state index contributed by atoms with van der Waals surface area (Å²) in [5, 5.41) is 0.109. The molecular formula is C19H20OSSi. The van der Waals surface area contributed by atoms with Crippen LogP contribution in [-0.2, 0) is 4.79 Å². The highest BCUT2D eigenvalue weighted by Crippen LogP contribution is 2.24. The zero-order valence-corrected chi connectivity index (χ0v) is 15.3. The summed E-state index contributed by atoms with van der Waals surface area (Å²) in [6.45, 7) is 8.32. The number of carbonyl (C=O) groups is 1. The van der Waals surface area contributed by atoms with Crippen molar-refractivity contribution < 1.29 is 4.79 Å². The molecule has 0 unspecified atom stereocenters. The summed E-state index contributed by atoms with van der Waals surface area (Å²) in [5.41, 5.74) is 6.76. The molecule has 2 aromatic rings. The van der Waals surface area contributed by atoms with Crippen LogP contribution in [0, 0.1) is 11.5 Å². The van der Waals surface area contributed by atoms with Crippen molar-refractivity contribution in [3.05, 3.63) is 54.1 Å². The van der Waals surface area contributed by atoms with E-state index in [9.17, 15) is 4.79 Å². The van der Waals surface area contributed by atoms with Crippen molar-refractivity contribution in [2.45, 2.75) is 31.5 Å². The second kappa shape index (κ2) is 7.00. The van der Waals surface area contributed by atoms with Crippen molar-refractivity contribution in [2.24, 2.45) is 0 Å². The molecule has 0 aromatic heterocycles. The number of hydrogen-bond acceptors (Lipinski definition) is 2. The minimum Gasteiger partial charge on any atom is -0.287 e. The number of carbonyl (C=O) groups excluding carboxylic acids is 1. The van der Waals surface area contributed by atoms with E-state index in [1.807, 2.05) is 24.3 Å². The first kappa shape index (κ1) is 16.6. The van der Waals surface area contributed by atoms with E-state index in [4.69, 9.17) is 0 Å². The van der Waals surface area contributed by atoms with Gasteiger partial charge in [0.15, 0.2) is 5.12 Å². The molecule has 0 N–H and O–H groups in total. The van der Waals surface area contributed by atoms with Crippen molar-refractivity contribution >= 4 is 25.0 Å². The Balaban J connectivity index is 2.16. The molecule has 0 heterocycles. The molecule has 0 saturated carbocycles. The van der Waals surface area contributed by atoms with Gasteiger partial charge >= 0.3 is 0 Å². The molecule has 0 aliphatic heterocycles. The Labute approximate surface area is 138 Å². The highest BCUT2D eigenvalue weighted by molar-refractivity contribution is 8.13. The number of benzene rings is 2. The fraction of sp³-hybridized carbons (Fsp3) is 0.211. The van der Waals surface area contributed by atoms with E-state index in [-0.39, 0.29) is 5.12 Å². The third-order valence-electron chi connectivity index (χ3n) is 2.92. The fourth-order valence-corrected chi connectivity index (χ4v) is 3.01. The van der Waals surface area contributed by atoms with Crippen LogP contribution in [-0.4, -0.2) is 13.2 Å². The van der Waals surface area contributed by atoms with Gasteiger partial charge in [-0.25, -0.2) is 0 Å². The standard InChI is InChI=1S/C19H20OSSi/c1-15(20)21-19-11-9-18(10-12-19)17-7-5-16(6-8-17)13-14-22(2,3)4/h5-12H,1-4H3. The van der Waals surface area contributed by atoms with E-state index in [0.29, 0.717) is 0 Å². The molecule has 0 aliphatic carbocycles. The second-order valence-corrected chi connectivity index (χ2v) is 12.2. The first-order chi connectivity index (χ1) is 10.3. The molecule has 1 nitrogen and oxygen atoms in total. The number of hydrogen-bond donors (Lipinski definition) is 0. The van der Waals surface area contributed by atoms with Crippen molar-refractivity contribution in [3.8, 4) is 22.6 Å². The van der Waals surface area contributed by atoms with E-state index in [2.05, 4.69) is 55.4 Å². The maximum Gasteiger partial charge on any atom is 0.190 e. The van der Waals surface area contributed by atoms with E-state index < -0.39 is 8.07 Å². The van der Waals surface area contributed by atoms with Gasteiger partial charge in [0.2, 0.25) is 0 Å². The zero-order valence-electron chi connectivity index (χ0n) is 13.4. The summed E-state index contributed by atoms with van der Waals surface area (Å²) in [6.07, 6.45) is 0. The van der Waals surface area contributed by atoms with Crippen LogP contribution in [0.2, 0.25) is 19.6 Å². The van der Waals surface area contributed by atoms with Crippen LogP contribution >= 0.6 is 11.8 Å². The first-order valence-corrected chi connectivity index (χ1v) is 11.6. The topological polar surface area (TPSA) is 17.1 Å². The Morgan fingerprint density at radius 3 is 1.86 bits per heavy atom. The van der Waals surface area contributed by atoms with Gasteiger partial charge in [0.05, 0.1) is 0 Å². The van der Waals surface area contributed by atoms with Crippen LogP contribution in [0.4, 0.5) is 0 Å². The van der Waals surface area contributed by atoms with Gasteiger partial charge in [-0.1, -0.05) is 61.6 Å². The third-order valence-corrected chi connectivity index (χ3v) is 4.59. The second-order valence-electron chi connectivity index (χ2n) is 6.20. The Morgan fingerprint density at radius 2 is 1.41 bits per heavy atom. The summed E-state index contributed by atoms with van der Waals surface area (Å²) >= 11 is 1.26. The maximum absolute atomic E-state index is 11.1. The minimum atomic E-state index is -1.33. The Kier molecular flexibility index (Phi) is 5.28. The van der Waals surface area contributed by atoms with Gasteiger partial charge in [-0.3, -0.25) is 4.79 Å². The van der Waals surface area contributed by atoms with Gasteiger partial charge in [0.25, 0.3) is 0 Å². The molecule has 3 heteroatoms. The average Bonchev–Trinajstić information content (AvgIpc) is 2.45. The lowest BCUT2D eigenvalue weighted by atomic mass is 10.0. The van der Waals surface area contributed by atoms with E-state index in [0.717, 1.165) is 21.6 Å². The lowest BCUT2D eigenvalue weighted by Gasteiger charge is -2.05. The van der Waals surface area contributed by atoms with Crippen LogP contribution in [0.25, 0.3) is 11.1 Å². The fourth-order valence-electron chi connectivity index (χ4n) is 1.89. The quantitative estimate of drug-likeness (QED) is 0.428. The van der Waals surface area contributed by atoms with Crippen LogP contribution in [0.3, 0.4) is 0 Å². The van der Waals surface area contributed by atoms with Gasteiger partial charge in [-0.05, 0) is 35.4 Å². The summed E-state index contributed by atoms with van der Waals surface area (Å²) < 4.78 is 0. The zero-order chi connectivity index (χ0) is 16.2. The van der Waals surface area contributed by atoms with Crippen molar-refractivity contribution in [1.29, 1.82) is 0 Å². The number of rotatable bonds is 2. The summed E-state index contributed by atoms with van der Waals surface area (Å²) in [5.74, 6) is 3.26. The largest absolute Gasteiger partial charge is 0.287 e. The summed E-state index contributed by atoms with van der Waals surface area (Å²) in [4.78, 5) is 12.1. The molecule has 2 rings (SSSR count). The van der Waals surface area contributed by atoms with Crippen LogP contribution in [0.1, 0.15) is 12.5 Å². The Hall–Kier alpha value is -1.76. The SMILES string of the molecule is CC(=O)Sc1ccc(-c2ccc(C#C[Si](C)(C)C)cc2)cc1. The predicted molar refractivity (Wildman–Crippen MR) is 98.6 cm³/mol. The molecule has 0 atom stereocenters. The third kappa shape index (κ3) is 5.21. The van der Waals surface area contributed by atoms with Crippen LogP contribution in [0.15, 0.2) is 53.4 Å². The summed E-state index contributed by atoms with van der Waals surface area (Å²) in [6, 6.07) is 16.4. The highest BCUT2D eigenvalue weighted by Gasteiger charge is 2.07. The molecule has 22 heavy (non-hydrogen) atoms. The Bertz CT molecular complexity index is 713. The molecule has 0 fully saturated rings. The van der Waals surface area contributed by atoms with Crippen LogP contribution in [0.5, 0.6) is 0 Å². The highest BCUT2D eigenvalue weighted by atomic mass is 32.2. The van der Waals surface area contributed by atoms with Gasteiger partial charge in [-0.15, -0.1) is 5.54 Å². The first-order valence-electron chi connectivity index (χ1n) is 7.26. The van der Waals surface area contributed by atoms with E-state index >= 15 is 0 Å². The van der Waals surface area contributed by atoms with Gasteiger partial charge in [0.1, 0.15) is 8.07 Å². The average molecular weight is 325 g/mol. The van der Waals surface area contributed by atoms with Gasteiger partial charge in [0, 0.05) is 17.4 Å². The molecule has 0 spiro atoms. The smallest absolute Gasteiger partial charge is 0.190 e. The van der Waals surface area contributed by atoms with E-state index in [1.165, 1.54) is 11.8 Å². The van der Waals surface area contributed by atoms with Crippen molar-refractivity contribution in [3.63, 3.8) is 0 Å². The lowest BCUT2D eigenvalue weighted by Crippen LogP contribution is -2.16. The monoisotopic (exact) mass is 324 g/mol. The normalized spacial score (nSPS) is 10.7. The summed E-state index contributed by atoms with van der Waals surface area (Å²) in [7, 11) is -1.33. The molecule has 0 aliphatic rings. The molecule has 0 saturated heterocycles. The van der Waals surface area contributed by atoms with Gasteiger partial charge < -0.3 is 0 Å². The van der Waals surface area contributed by atoms with E-state index in [1.54, 1.807) is 6.92 Å². The molecule has 112 valence electrons. The molecule has 0 radical (unpaired) electrons.